The van der Waals surface area contributed by atoms with Gasteiger partial charge in [0.2, 0.25) is 5.91 Å². The molecule has 1 fully saturated rings. The van der Waals surface area contributed by atoms with E-state index in [1.165, 1.54) is 12.8 Å². The summed E-state index contributed by atoms with van der Waals surface area (Å²) < 4.78 is 12.0. The van der Waals surface area contributed by atoms with Crippen molar-refractivity contribution in [3.63, 3.8) is 0 Å². The Bertz CT molecular complexity index is 499. The number of rotatable bonds is 7. The fourth-order valence-corrected chi connectivity index (χ4v) is 4.35. The van der Waals surface area contributed by atoms with Crippen LogP contribution in [-0.4, -0.2) is 21.1 Å². The van der Waals surface area contributed by atoms with Crippen LogP contribution >= 0.6 is 0 Å². The van der Waals surface area contributed by atoms with Gasteiger partial charge in [-0.25, -0.2) is 0 Å². The molecule has 4 nitrogen and oxygen atoms in total. The minimum Gasteiger partial charge on any atom is -0.326 e. The van der Waals surface area contributed by atoms with Gasteiger partial charge in [0.05, 0.1) is 0 Å². The van der Waals surface area contributed by atoms with E-state index in [-0.39, 0.29) is 5.91 Å². The van der Waals surface area contributed by atoms with E-state index in [0.29, 0.717) is 30.4 Å². The molecule has 2 rings (SSSR count). The average Bonchev–Trinajstić information content (AvgIpc) is 3.02. The fraction of sp³-hybridized carbons (Fsp3) is 0.562. The molecule has 0 saturated heterocycles. The molecule has 0 spiro atoms. The SMILES string of the molecule is NCc1ccccc1NC(=O)CCCS(=O)C1CCCC1. The van der Waals surface area contributed by atoms with Gasteiger partial charge in [0.25, 0.3) is 0 Å². The number of hydrogen-bond acceptors (Lipinski definition) is 3. The van der Waals surface area contributed by atoms with E-state index in [0.717, 1.165) is 24.1 Å². The molecule has 1 aromatic carbocycles. The Morgan fingerprint density at radius 3 is 2.71 bits per heavy atom. The van der Waals surface area contributed by atoms with Crippen LogP contribution in [-0.2, 0) is 22.1 Å². The number of benzene rings is 1. The molecule has 0 aromatic heterocycles. The number of carbonyl (C=O) groups excluding carboxylic acids is 1. The molecule has 5 heteroatoms. The predicted molar refractivity (Wildman–Crippen MR) is 87.5 cm³/mol. The maximum atomic E-state index is 12.0. The molecule has 1 aromatic rings. The van der Waals surface area contributed by atoms with Gasteiger partial charge in [0.1, 0.15) is 0 Å². The van der Waals surface area contributed by atoms with Gasteiger partial charge in [0.15, 0.2) is 0 Å². The number of nitrogens with two attached hydrogens (primary N) is 1. The van der Waals surface area contributed by atoms with Crippen LogP contribution in [0.15, 0.2) is 24.3 Å². The van der Waals surface area contributed by atoms with Gasteiger partial charge in [-0.1, -0.05) is 31.0 Å². The molecular weight excluding hydrogens is 284 g/mol. The van der Waals surface area contributed by atoms with E-state index in [9.17, 15) is 9.00 Å². The third kappa shape index (κ3) is 4.93. The standard InChI is InChI=1S/C16H24N2O2S/c17-12-13-6-1-4-9-15(13)18-16(19)10-5-11-21(20)14-7-2-3-8-14/h1,4,6,9,14H,2-3,5,7-8,10-12,17H2,(H,18,19). The lowest BCUT2D eigenvalue weighted by Crippen LogP contribution is -2.17. The van der Waals surface area contributed by atoms with Crippen molar-refractivity contribution in [2.45, 2.75) is 50.3 Å². The second-order valence-electron chi connectivity index (χ2n) is 5.50. The summed E-state index contributed by atoms with van der Waals surface area (Å²) in [5.74, 6) is 0.607. The van der Waals surface area contributed by atoms with Crippen molar-refractivity contribution in [2.75, 3.05) is 11.1 Å². The summed E-state index contributed by atoms with van der Waals surface area (Å²) in [6, 6.07) is 7.55. The van der Waals surface area contributed by atoms with E-state index in [1.807, 2.05) is 24.3 Å². The third-order valence-corrected chi connectivity index (χ3v) is 5.84. The zero-order chi connectivity index (χ0) is 15.1. The number of amides is 1. The Kier molecular flexibility index (Phi) is 6.39. The molecule has 116 valence electrons. The molecule has 1 aliphatic rings. The molecule has 1 amide bonds. The van der Waals surface area contributed by atoms with Crippen LogP contribution in [0.1, 0.15) is 44.1 Å². The number of carbonyl (C=O) groups is 1. The monoisotopic (exact) mass is 308 g/mol. The highest BCUT2D eigenvalue weighted by Gasteiger charge is 2.20. The van der Waals surface area contributed by atoms with Gasteiger partial charge < -0.3 is 11.1 Å². The molecule has 21 heavy (non-hydrogen) atoms. The van der Waals surface area contributed by atoms with Gasteiger partial charge in [-0.05, 0) is 30.9 Å². The molecule has 1 unspecified atom stereocenters. The minimum atomic E-state index is -0.764. The highest BCUT2D eigenvalue weighted by atomic mass is 32.2. The molecule has 1 atom stereocenters. The fourth-order valence-electron chi connectivity index (χ4n) is 2.73. The van der Waals surface area contributed by atoms with Gasteiger partial charge in [0, 0.05) is 40.5 Å². The average molecular weight is 308 g/mol. The smallest absolute Gasteiger partial charge is 0.224 e. The zero-order valence-electron chi connectivity index (χ0n) is 12.3. The van der Waals surface area contributed by atoms with Gasteiger partial charge >= 0.3 is 0 Å². The van der Waals surface area contributed by atoms with Crippen molar-refractivity contribution in [1.29, 1.82) is 0 Å². The Balaban J connectivity index is 1.73. The van der Waals surface area contributed by atoms with Crippen LogP contribution in [0.3, 0.4) is 0 Å². The molecule has 0 radical (unpaired) electrons. The summed E-state index contributed by atoms with van der Waals surface area (Å²) >= 11 is 0. The third-order valence-electron chi connectivity index (χ3n) is 3.93. The first kappa shape index (κ1) is 16.2. The molecule has 0 heterocycles. The Hall–Kier alpha value is -1.20. The largest absolute Gasteiger partial charge is 0.326 e. The second-order valence-corrected chi connectivity index (χ2v) is 7.34. The van der Waals surface area contributed by atoms with Crippen LogP contribution in [0, 0.1) is 0 Å². The van der Waals surface area contributed by atoms with Gasteiger partial charge in [-0.2, -0.15) is 0 Å². The van der Waals surface area contributed by atoms with Crippen molar-refractivity contribution < 1.29 is 9.00 Å². The molecular formula is C16H24N2O2S. The van der Waals surface area contributed by atoms with E-state index in [4.69, 9.17) is 5.73 Å². The van der Waals surface area contributed by atoms with E-state index in [2.05, 4.69) is 5.32 Å². The maximum absolute atomic E-state index is 12.0. The molecule has 1 aliphatic carbocycles. The van der Waals surface area contributed by atoms with Crippen molar-refractivity contribution >= 4 is 22.4 Å². The highest BCUT2D eigenvalue weighted by molar-refractivity contribution is 7.85. The summed E-state index contributed by atoms with van der Waals surface area (Å²) in [6.07, 6.45) is 5.67. The number of nitrogens with one attached hydrogen (secondary N) is 1. The van der Waals surface area contributed by atoms with E-state index in [1.54, 1.807) is 0 Å². The number of para-hydroxylation sites is 1. The first-order valence-corrected chi connectivity index (χ1v) is 9.04. The second kappa shape index (κ2) is 8.29. The lowest BCUT2D eigenvalue weighted by atomic mass is 10.1. The predicted octanol–water partition coefficient (Wildman–Crippen LogP) is 2.56. The van der Waals surface area contributed by atoms with Crippen LogP contribution in [0.5, 0.6) is 0 Å². The molecule has 0 aliphatic heterocycles. The number of anilines is 1. The molecule has 0 bridgehead atoms. The topological polar surface area (TPSA) is 72.2 Å². The lowest BCUT2D eigenvalue weighted by molar-refractivity contribution is -0.116. The first-order chi connectivity index (χ1) is 10.2. The Labute approximate surface area is 129 Å². The van der Waals surface area contributed by atoms with Gasteiger partial charge in [-0.15, -0.1) is 0 Å². The summed E-state index contributed by atoms with van der Waals surface area (Å²) in [7, 11) is -0.764. The summed E-state index contributed by atoms with van der Waals surface area (Å²) in [5.41, 5.74) is 7.35. The lowest BCUT2D eigenvalue weighted by Gasteiger charge is -2.11. The van der Waals surface area contributed by atoms with Crippen molar-refractivity contribution in [1.82, 2.24) is 0 Å². The molecule has 1 saturated carbocycles. The van der Waals surface area contributed by atoms with Crippen LogP contribution < -0.4 is 11.1 Å². The van der Waals surface area contributed by atoms with Crippen molar-refractivity contribution in [3.8, 4) is 0 Å². The summed E-state index contributed by atoms with van der Waals surface area (Å²) in [4.78, 5) is 11.9. The van der Waals surface area contributed by atoms with Crippen molar-refractivity contribution in [2.24, 2.45) is 5.73 Å². The van der Waals surface area contributed by atoms with Crippen LogP contribution in [0.2, 0.25) is 0 Å². The van der Waals surface area contributed by atoms with Gasteiger partial charge in [-0.3, -0.25) is 9.00 Å². The number of hydrogen-bond donors (Lipinski definition) is 2. The normalized spacial score (nSPS) is 16.8. The first-order valence-electron chi connectivity index (χ1n) is 7.65. The quantitative estimate of drug-likeness (QED) is 0.813. The van der Waals surface area contributed by atoms with E-state index < -0.39 is 10.8 Å². The Morgan fingerprint density at radius 2 is 2.00 bits per heavy atom. The molecule has 3 N–H and O–H groups in total. The summed E-state index contributed by atoms with van der Waals surface area (Å²) in [5, 5.41) is 3.25. The van der Waals surface area contributed by atoms with Crippen LogP contribution in [0.4, 0.5) is 5.69 Å². The zero-order valence-corrected chi connectivity index (χ0v) is 13.2. The highest BCUT2D eigenvalue weighted by Crippen LogP contribution is 2.23. The van der Waals surface area contributed by atoms with Crippen molar-refractivity contribution in [3.05, 3.63) is 29.8 Å². The minimum absolute atomic E-state index is 0.0284. The summed E-state index contributed by atoms with van der Waals surface area (Å²) in [6.45, 7) is 0.405. The van der Waals surface area contributed by atoms with E-state index >= 15 is 0 Å². The van der Waals surface area contributed by atoms with Crippen LogP contribution in [0.25, 0.3) is 0 Å². The Morgan fingerprint density at radius 1 is 1.29 bits per heavy atom. The maximum Gasteiger partial charge on any atom is 0.224 e.